The molecule has 0 spiro atoms. The number of anilines is 1. The molecule has 5 nitrogen and oxygen atoms in total. The molecule has 0 aliphatic carbocycles. The lowest BCUT2D eigenvalue weighted by Gasteiger charge is -2.20. The van der Waals surface area contributed by atoms with Crippen LogP contribution in [0.1, 0.15) is 49.4 Å². The van der Waals surface area contributed by atoms with E-state index >= 15 is 0 Å². The summed E-state index contributed by atoms with van der Waals surface area (Å²) >= 11 is 0. The molecule has 3 rings (SSSR count). The smallest absolute Gasteiger partial charge is 0.227 e. The number of halogens is 1. The number of rotatable bonds is 6. The van der Waals surface area contributed by atoms with Gasteiger partial charge in [0, 0.05) is 31.1 Å². The summed E-state index contributed by atoms with van der Waals surface area (Å²) in [6.45, 7) is 2.70. The van der Waals surface area contributed by atoms with Crippen molar-refractivity contribution < 1.29 is 9.59 Å². The van der Waals surface area contributed by atoms with Crippen molar-refractivity contribution in [3.8, 4) is 0 Å². The van der Waals surface area contributed by atoms with Gasteiger partial charge in [-0.2, -0.15) is 0 Å². The molecule has 2 amide bonds. The molecule has 1 aliphatic heterocycles. The third-order valence-electron chi connectivity index (χ3n) is 4.77. The molecule has 0 bridgehead atoms. The maximum absolute atomic E-state index is 12.3. The maximum atomic E-state index is 12.3. The summed E-state index contributed by atoms with van der Waals surface area (Å²) < 4.78 is 0. The molecule has 0 saturated carbocycles. The Morgan fingerprint density at radius 3 is 2.52 bits per heavy atom. The number of nitrogens with zero attached hydrogens (tertiary/aromatic N) is 1. The van der Waals surface area contributed by atoms with E-state index in [4.69, 9.17) is 5.73 Å². The Balaban J connectivity index is 0.00000261. The number of nitrogens with two attached hydrogens (primary N) is 1. The molecule has 2 atom stereocenters. The Morgan fingerprint density at radius 2 is 1.85 bits per heavy atom. The normalized spacial score (nSPS) is 15.8. The van der Waals surface area contributed by atoms with E-state index in [-0.39, 0.29) is 42.7 Å². The molecule has 1 saturated heterocycles. The van der Waals surface area contributed by atoms with Crippen molar-refractivity contribution in [3.05, 3.63) is 65.7 Å². The molecule has 2 aromatic rings. The summed E-state index contributed by atoms with van der Waals surface area (Å²) in [6, 6.07) is 17.0. The van der Waals surface area contributed by atoms with Crippen molar-refractivity contribution in [2.24, 2.45) is 5.73 Å². The van der Waals surface area contributed by atoms with Crippen molar-refractivity contribution >= 4 is 29.9 Å². The zero-order valence-electron chi connectivity index (χ0n) is 15.4. The Hall–Kier alpha value is -2.37. The van der Waals surface area contributed by atoms with Gasteiger partial charge in [-0.05, 0) is 36.6 Å². The minimum absolute atomic E-state index is 0. The molecular formula is C21H26ClN3O2. The SMILES string of the molecule is CC(NC(=O)CC(N)c1ccccc1)c1cccc(N2CCCC2=O)c1.Cl. The van der Waals surface area contributed by atoms with E-state index in [1.807, 2.05) is 66.4 Å². The second-order valence-electron chi connectivity index (χ2n) is 6.75. The molecule has 3 N–H and O–H groups in total. The van der Waals surface area contributed by atoms with Crippen LogP contribution in [0.25, 0.3) is 0 Å². The lowest BCUT2D eigenvalue weighted by Crippen LogP contribution is -2.30. The fourth-order valence-electron chi connectivity index (χ4n) is 3.28. The number of carbonyl (C=O) groups is 2. The van der Waals surface area contributed by atoms with E-state index in [2.05, 4.69) is 5.32 Å². The van der Waals surface area contributed by atoms with Gasteiger partial charge in [-0.3, -0.25) is 9.59 Å². The Morgan fingerprint density at radius 1 is 1.15 bits per heavy atom. The van der Waals surface area contributed by atoms with Gasteiger partial charge in [0.05, 0.1) is 6.04 Å². The van der Waals surface area contributed by atoms with Gasteiger partial charge in [0.2, 0.25) is 11.8 Å². The van der Waals surface area contributed by atoms with Crippen LogP contribution >= 0.6 is 12.4 Å². The van der Waals surface area contributed by atoms with Gasteiger partial charge < -0.3 is 16.0 Å². The highest BCUT2D eigenvalue weighted by atomic mass is 35.5. The average molecular weight is 388 g/mol. The first-order chi connectivity index (χ1) is 12.5. The average Bonchev–Trinajstić information content (AvgIpc) is 3.08. The van der Waals surface area contributed by atoms with Crippen molar-refractivity contribution in [1.82, 2.24) is 5.32 Å². The zero-order valence-corrected chi connectivity index (χ0v) is 16.2. The summed E-state index contributed by atoms with van der Waals surface area (Å²) in [4.78, 5) is 26.1. The molecular weight excluding hydrogens is 362 g/mol. The van der Waals surface area contributed by atoms with Gasteiger partial charge in [-0.1, -0.05) is 42.5 Å². The van der Waals surface area contributed by atoms with Crippen LogP contribution in [0.15, 0.2) is 54.6 Å². The van der Waals surface area contributed by atoms with Crippen molar-refractivity contribution in [2.75, 3.05) is 11.4 Å². The number of nitrogens with one attached hydrogen (secondary N) is 1. The molecule has 27 heavy (non-hydrogen) atoms. The van der Waals surface area contributed by atoms with E-state index in [1.165, 1.54) is 0 Å². The lowest BCUT2D eigenvalue weighted by atomic mass is 10.0. The van der Waals surface area contributed by atoms with E-state index < -0.39 is 0 Å². The molecule has 1 fully saturated rings. The monoisotopic (exact) mass is 387 g/mol. The first kappa shape index (κ1) is 20.9. The van der Waals surface area contributed by atoms with Crippen molar-refractivity contribution in [2.45, 2.75) is 38.3 Å². The standard InChI is InChI=1S/C21H25N3O2.ClH/c1-15(23-20(25)14-19(22)16-7-3-2-4-8-16)17-9-5-10-18(13-17)24-12-6-11-21(24)26;/h2-5,7-10,13,15,19H,6,11-12,14,22H2,1H3,(H,23,25);1H. The minimum Gasteiger partial charge on any atom is -0.350 e. The number of amides is 2. The van der Waals surface area contributed by atoms with Gasteiger partial charge in [-0.15, -0.1) is 12.4 Å². The summed E-state index contributed by atoms with van der Waals surface area (Å²) in [7, 11) is 0. The summed E-state index contributed by atoms with van der Waals surface area (Å²) in [5.41, 5.74) is 8.95. The Bertz CT molecular complexity index is 782. The lowest BCUT2D eigenvalue weighted by molar-refractivity contribution is -0.122. The summed E-state index contributed by atoms with van der Waals surface area (Å²) in [5.74, 6) is 0.0733. The highest BCUT2D eigenvalue weighted by Crippen LogP contribution is 2.25. The van der Waals surface area contributed by atoms with E-state index in [0.717, 1.165) is 29.8 Å². The first-order valence-electron chi connectivity index (χ1n) is 9.05. The molecule has 0 aromatic heterocycles. The molecule has 6 heteroatoms. The predicted molar refractivity (Wildman–Crippen MR) is 110 cm³/mol. The highest BCUT2D eigenvalue weighted by Gasteiger charge is 2.22. The molecule has 0 radical (unpaired) electrons. The third kappa shape index (κ3) is 5.31. The Kier molecular flexibility index (Phi) is 7.39. The number of benzene rings is 2. The maximum Gasteiger partial charge on any atom is 0.227 e. The van der Waals surface area contributed by atoms with E-state index in [0.29, 0.717) is 6.42 Å². The quantitative estimate of drug-likeness (QED) is 0.796. The van der Waals surface area contributed by atoms with Gasteiger partial charge in [0.1, 0.15) is 0 Å². The van der Waals surface area contributed by atoms with Crippen molar-refractivity contribution in [3.63, 3.8) is 0 Å². The first-order valence-corrected chi connectivity index (χ1v) is 9.05. The van der Waals surface area contributed by atoms with Crippen LogP contribution < -0.4 is 16.0 Å². The molecule has 1 heterocycles. The van der Waals surface area contributed by atoms with Crippen LogP contribution in [-0.2, 0) is 9.59 Å². The second kappa shape index (κ2) is 9.53. The van der Waals surface area contributed by atoms with Crippen LogP contribution in [0, 0.1) is 0 Å². The summed E-state index contributed by atoms with van der Waals surface area (Å²) in [5, 5.41) is 3.00. The van der Waals surface area contributed by atoms with Crippen molar-refractivity contribution in [1.29, 1.82) is 0 Å². The Labute approximate surface area is 166 Å². The van der Waals surface area contributed by atoms with Gasteiger partial charge in [0.15, 0.2) is 0 Å². The third-order valence-corrected chi connectivity index (χ3v) is 4.77. The molecule has 2 aromatic carbocycles. The zero-order chi connectivity index (χ0) is 18.5. The highest BCUT2D eigenvalue weighted by molar-refractivity contribution is 5.95. The largest absolute Gasteiger partial charge is 0.350 e. The number of carbonyl (C=O) groups excluding carboxylic acids is 2. The van der Waals surface area contributed by atoms with E-state index in [9.17, 15) is 9.59 Å². The van der Waals surface area contributed by atoms with E-state index in [1.54, 1.807) is 0 Å². The van der Waals surface area contributed by atoms with Crippen LogP contribution in [-0.4, -0.2) is 18.4 Å². The van der Waals surface area contributed by atoms with Gasteiger partial charge in [-0.25, -0.2) is 0 Å². The number of hydrogen-bond acceptors (Lipinski definition) is 3. The summed E-state index contributed by atoms with van der Waals surface area (Å²) in [6.07, 6.45) is 1.74. The topological polar surface area (TPSA) is 75.4 Å². The number of hydrogen-bond donors (Lipinski definition) is 2. The fourth-order valence-corrected chi connectivity index (χ4v) is 3.28. The predicted octanol–water partition coefficient (Wildman–Crippen LogP) is 3.50. The minimum atomic E-state index is -0.322. The molecule has 1 aliphatic rings. The molecule has 144 valence electrons. The second-order valence-corrected chi connectivity index (χ2v) is 6.75. The van der Waals surface area contributed by atoms with Crippen LogP contribution in [0.2, 0.25) is 0 Å². The van der Waals surface area contributed by atoms with Gasteiger partial charge >= 0.3 is 0 Å². The van der Waals surface area contributed by atoms with Crippen LogP contribution in [0.3, 0.4) is 0 Å². The van der Waals surface area contributed by atoms with Crippen LogP contribution in [0.4, 0.5) is 5.69 Å². The van der Waals surface area contributed by atoms with Gasteiger partial charge in [0.25, 0.3) is 0 Å². The fraction of sp³-hybridized carbons (Fsp3) is 0.333. The van der Waals surface area contributed by atoms with Crippen LogP contribution in [0.5, 0.6) is 0 Å². The molecule has 2 unspecified atom stereocenters.